The Morgan fingerprint density at radius 3 is 2.19 bits per heavy atom. The maximum Gasteiger partial charge on any atom is 0.119 e. The fraction of sp³-hybridized carbons (Fsp3) is 0.400. The fourth-order valence-electron chi connectivity index (χ4n) is 3.09. The number of aliphatic hydroxyl groups excluding tert-OH is 1. The first-order valence-corrected chi connectivity index (χ1v) is 8.92. The summed E-state index contributed by atoms with van der Waals surface area (Å²) >= 11 is 0. The lowest BCUT2D eigenvalue weighted by molar-refractivity contribution is 0.0663. The van der Waals surface area contributed by atoms with Crippen LogP contribution < -0.4 is 20.1 Å². The van der Waals surface area contributed by atoms with Crippen molar-refractivity contribution >= 4 is 11.4 Å². The van der Waals surface area contributed by atoms with Gasteiger partial charge in [0.1, 0.15) is 24.2 Å². The molecule has 0 bridgehead atoms. The number of aliphatic hydroxyl groups is 1. The van der Waals surface area contributed by atoms with E-state index in [0.717, 1.165) is 37.7 Å². The molecule has 3 rings (SSSR count). The van der Waals surface area contributed by atoms with E-state index in [1.807, 2.05) is 24.3 Å². The molecule has 1 unspecified atom stereocenters. The number of benzene rings is 2. The lowest BCUT2D eigenvalue weighted by Crippen LogP contribution is -2.49. The second-order valence-corrected chi connectivity index (χ2v) is 6.52. The van der Waals surface area contributed by atoms with Gasteiger partial charge in [0.05, 0.1) is 7.11 Å². The smallest absolute Gasteiger partial charge is 0.119 e. The second kappa shape index (κ2) is 8.78. The van der Waals surface area contributed by atoms with Gasteiger partial charge in [0.15, 0.2) is 0 Å². The van der Waals surface area contributed by atoms with Gasteiger partial charge in [0.25, 0.3) is 0 Å². The van der Waals surface area contributed by atoms with Crippen molar-refractivity contribution in [2.45, 2.75) is 6.10 Å². The van der Waals surface area contributed by atoms with E-state index in [1.54, 1.807) is 19.2 Å². The fourth-order valence-corrected chi connectivity index (χ4v) is 3.09. The van der Waals surface area contributed by atoms with Gasteiger partial charge in [0, 0.05) is 44.1 Å². The monoisotopic (exact) mass is 357 g/mol. The number of hydrogen-bond acceptors (Lipinski definition) is 6. The van der Waals surface area contributed by atoms with Crippen LogP contribution in [0.1, 0.15) is 0 Å². The van der Waals surface area contributed by atoms with E-state index in [0.29, 0.717) is 12.2 Å². The largest absolute Gasteiger partial charge is 0.497 e. The van der Waals surface area contributed by atoms with Crippen LogP contribution >= 0.6 is 0 Å². The molecule has 0 radical (unpaired) electrons. The topological polar surface area (TPSA) is 71.2 Å². The summed E-state index contributed by atoms with van der Waals surface area (Å²) in [5, 5.41) is 10.2. The molecule has 1 saturated heterocycles. The first kappa shape index (κ1) is 18.4. The zero-order valence-electron chi connectivity index (χ0n) is 15.2. The number of ether oxygens (including phenoxy) is 2. The summed E-state index contributed by atoms with van der Waals surface area (Å²) in [5.41, 5.74) is 7.56. The van der Waals surface area contributed by atoms with Crippen LogP contribution in [0.2, 0.25) is 0 Å². The third-order valence-electron chi connectivity index (χ3n) is 4.60. The van der Waals surface area contributed by atoms with Gasteiger partial charge in [-0.1, -0.05) is 0 Å². The highest BCUT2D eigenvalue weighted by atomic mass is 16.5. The van der Waals surface area contributed by atoms with Crippen LogP contribution in [0.5, 0.6) is 11.5 Å². The van der Waals surface area contributed by atoms with Crippen LogP contribution in [0.3, 0.4) is 0 Å². The molecule has 0 amide bonds. The molecule has 0 aromatic heterocycles. The molecule has 0 saturated carbocycles. The third-order valence-corrected chi connectivity index (χ3v) is 4.60. The molecule has 1 aliphatic heterocycles. The summed E-state index contributed by atoms with van der Waals surface area (Å²) in [5.74, 6) is 1.60. The lowest BCUT2D eigenvalue weighted by Gasteiger charge is -2.36. The Morgan fingerprint density at radius 1 is 0.962 bits per heavy atom. The minimum absolute atomic E-state index is 0.280. The number of β-amino-alcohol motifs (C(OH)–C–C–N with tert-alkyl or cyclic N) is 1. The minimum atomic E-state index is -0.514. The Bertz CT molecular complexity index is 668. The van der Waals surface area contributed by atoms with E-state index < -0.39 is 6.10 Å². The molecule has 0 aliphatic carbocycles. The summed E-state index contributed by atoms with van der Waals surface area (Å²) in [7, 11) is 1.68. The van der Waals surface area contributed by atoms with E-state index in [1.165, 1.54) is 5.69 Å². The van der Waals surface area contributed by atoms with Crippen LogP contribution in [-0.4, -0.2) is 62.6 Å². The summed E-state index contributed by atoms with van der Waals surface area (Å²) in [6.07, 6.45) is -0.514. The Morgan fingerprint density at radius 2 is 1.58 bits per heavy atom. The first-order valence-electron chi connectivity index (χ1n) is 8.92. The summed E-state index contributed by atoms with van der Waals surface area (Å²) in [6, 6.07) is 15.4. The Hall–Kier alpha value is -2.44. The number of methoxy groups -OCH3 is 1. The van der Waals surface area contributed by atoms with E-state index in [9.17, 15) is 5.11 Å². The minimum Gasteiger partial charge on any atom is -0.497 e. The van der Waals surface area contributed by atoms with Crippen molar-refractivity contribution in [3.63, 3.8) is 0 Å². The number of anilines is 2. The molecule has 140 valence electrons. The van der Waals surface area contributed by atoms with Crippen molar-refractivity contribution in [2.75, 3.05) is 57.1 Å². The number of hydrogen-bond donors (Lipinski definition) is 2. The van der Waals surface area contributed by atoms with Gasteiger partial charge in [-0.15, -0.1) is 0 Å². The SMILES string of the molecule is COc1ccc(N2CCN(CC(O)COc3ccc(N)cc3)CC2)cc1. The zero-order chi connectivity index (χ0) is 18.4. The van der Waals surface area contributed by atoms with Crippen LogP contribution in [0.25, 0.3) is 0 Å². The molecule has 2 aromatic rings. The van der Waals surface area contributed by atoms with Gasteiger partial charge in [-0.3, -0.25) is 4.90 Å². The predicted octanol–water partition coefficient (Wildman–Crippen LogP) is 1.84. The molecule has 6 nitrogen and oxygen atoms in total. The van der Waals surface area contributed by atoms with Gasteiger partial charge in [0.2, 0.25) is 0 Å². The maximum atomic E-state index is 10.2. The van der Waals surface area contributed by atoms with Crippen LogP contribution in [0, 0.1) is 0 Å². The molecule has 1 aliphatic rings. The summed E-state index contributed by atoms with van der Waals surface area (Å²) in [4.78, 5) is 4.63. The zero-order valence-corrected chi connectivity index (χ0v) is 15.2. The van der Waals surface area contributed by atoms with Crippen molar-refractivity contribution in [3.8, 4) is 11.5 Å². The quantitative estimate of drug-likeness (QED) is 0.737. The number of nitrogen functional groups attached to an aromatic ring is 1. The highest BCUT2D eigenvalue weighted by Crippen LogP contribution is 2.20. The summed E-state index contributed by atoms with van der Waals surface area (Å²) in [6.45, 7) is 4.62. The standard InChI is InChI=1S/C20H27N3O3/c1-25-19-8-4-17(5-9-19)23-12-10-22(11-13-23)14-18(24)15-26-20-6-2-16(21)3-7-20/h2-9,18,24H,10-15,21H2,1H3. The van der Waals surface area contributed by atoms with Crippen LogP contribution in [0.4, 0.5) is 11.4 Å². The first-order chi connectivity index (χ1) is 12.6. The molecular formula is C20H27N3O3. The van der Waals surface area contributed by atoms with Gasteiger partial charge in [-0.25, -0.2) is 0 Å². The van der Waals surface area contributed by atoms with Crippen LogP contribution in [0.15, 0.2) is 48.5 Å². The second-order valence-electron chi connectivity index (χ2n) is 6.52. The molecule has 0 spiro atoms. The van der Waals surface area contributed by atoms with Gasteiger partial charge >= 0.3 is 0 Å². The molecule has 3 N–H and O–H groups in total. The Balaban J connectivity index is 1.40. The van der Waals surface area contributed by atoms with Crippen molar-refractivity contribution in [1.82, 2.24) is 4.90 Å². The summed E-state index contributed by atoms with van der Waals surface area (Å²) < 4.78 is 10.8. The van der Waals surface area contributed by atoms with Crippen molar-refractivity contribution in [3.05, 3.63) is 48.5 Å². The number of nitrogens with zero attached hydrogens (tertiary/aromatic N) is 2. The molecule has 6 heteroatoms. The van der Waals surface area contributed by atoms with Crippen LogP contribution in [-0.2, 0) is 0 Å². The van der Waals surface area contributed by atoms with E-state index >= 15 is 0 Å². The van der Waals surface area contributed by atoms with Crippen molar-refractivity contribution < 1.29 is 14.6 Å². The van der Waals surface area contributed by atoms with Crippen molar-refractivity contribution in [1.29, 1.82) is 0 Å². The predicted molar refractivity (Wildman–Crippen MR) is 104 cm³/mol. The average Bonchev–Trinajstić information content (AvgIpc) is 2.68. The normalized spacial score (nSPS) is 16.3. The van der Waals surface area contributed by atoms with E-state index in [2.05, 4.69) is 21.9 Å². The highest BCUT2D eigenvalue weighted by Gasteiger charge is 2.19. The average molecular weight is 357 g/mol. The highest BCUT2D eigenvalue weighted by molar-refractivity contribution is 5.49. The number of nitrogens with two attached hydrogens (primary N) is 1. The van der Waals surface area contributed by atoms with Gasteiger partial charge in [-0.2, -0.15) is 0 Å². The third kappa shape index (κ3) is 5.03. The van der Waals surface area contributed by atoms with Gasteiger partial charge in [-0.05, 0) is 48.5 Å². The molecule has 1 heterocycles. The lowest BCUT2D eigenvalue weighted by atomic mass is 10.2. The number of rotatable bonds is 7. The van der Waals surface area contributed by atoms with E-state index in [4.69, 9.17) is 15.2 Å². The molecule has 1 fully saturated rings. The maximum absolute atomic E-state index is 10.2. The van der Waals surface area contributed by atoms with Crippen molar-refractivity contribution in [2.24, 2.45) is 0 Å². The molecule has 1 atom stereocenters. The number of piperazine rings is 1. The molecule has 2 aromatic carbocycles. The Labute approximate surface area is 154 Å². The van der Waals surface area contributed by atoms with Gasteiger partial charge < -0.3 is 25.2 Å². The molecule has 26 heavy (non-hydrogen) atoms. The molecular weight excluding hydrogens is 330 g/mol. The Kier molecular flexibility index (Phi) is 6.20. The van der Waals surface area contributed by atoms with E-state index in [-0.39, 0.29) is 6.61 Å².